The number of alkyl halides is 3. The summed E-state index contributed by atoms with van der Waals surface area (Å²) in [6, 6.07) is 7.51. The number of rotatable bonds is 5. The molecule has 2 nitrogen and oxygen atoms in total. The van der Waals surface area contributed by atoms with Crippen molar-refractivity contribution < 1.29 is 13.2 Å². The van der Waals surface area contributed by atoms with Crippen LogP contribution in [0.15, 0.2) is 28.7 Å². The lowest BCUT2D eigenvalue weighted by Gasteiger charge is -2.18. The van der Waals surface area contributed by atoms with Gasteiger partial charge in [0.15, 0.2) is 0 Å². The summed E-state index contributed by atoms with van der Waals surface area (Å²) in [5.74, 6) is 0. The van der Waals surface area contributed by atoms with Gasteiger partial charge >= 0.3 is 6.18 Å². The van der Waals surface area contributed by atoms with Gasteiger partial charge in [-0.15, -0.1) is 0 Å². The minimum absolute atomic E-state index is 0.339. The lowest BCUT2D eigenvalue weighted by Crippen LogP contribution is -2.34. The van der Waals surface area contributed by atoms with E-state index in [1.54, 1.807) is 0 Å². The lowest BCUT2D eigenvalue weighted by atomic mass is 10.3. The van der Waals surface area contributed by atoms with Crippen LogP contribution in [0.5, 0.6) is 0 Å². The summed E-state index contributed by atoms with van der Waals surface area (Å²) < 4.78 is 37.1. The Hall–Kier alpha value is -0.750. The van der Waals surface area contributed by atoms with Gasteiger partial charge < -0.3 is 5.32 Å². The Balaban J connectivity index is 2.28. The van der Waals surface area contributed by atoms with Crippen molar-refractivity contribution in [2.24, 2.45) is 0 Å². The van der Waals surface area contributed by atoms with E-state index in [1.165, 1.54) is 11.9 Å². The van der Waals surface area contributed by atoms with Gasteiger partial charge in [-0.1, -0.05) is 22.0 Å². The standard InChI is InChI=1S/C11H14BrF3N2/c1-17(8-11(13,14)15)6-5-16-10-4-2-3-9(12)7-10/h2-4,7,16H,5-6,8H2,1H3. The molecule has 0 aromatic heterocycles. The molecule has 6 heteroatoms. The Morgan fingerprint density at radius 3 is 2.65 bits per heavy atom. The Bertz CT molecular complexity index is 355. The van der Waals surface area contributed by atoms with Gasteiger partial charge in [0, 0.05) is 23.2 Å². The molecule has 1 N–H and O–H groups in total. The molecule has 0 aliphatic heterocycles. The van der Waals surface area contributed by atoms with E-state index in [2.05, 4.69) is 21.2 Å². The maximum atomic E-state index is 12.0. The molecule has 0 heterocycles. The summed E-state index contributed by atoms with van der Waals surface area (Å²) >= 11 is 3.32. The molecule has 0 aliphatic carbocycles. The maximum absolute atomic E-state index is 12.0. The molecule has 0 saturated carbocycles. The molecule has 17 heavy (non-hydrogen) atoms. The van der Waals surface area contributed by atoms with Gasteiger partial charge in [0.25, 0.3) is 0 Å². The third-order valence-electron chi connectivity index (χ3n) is 2.10. The van der Waals surface area contributed by atoms with Gasteiger partial charge in [-0.05, 0) is 25.2 Å². The van der Waals surface area contributed by atoms with Crippen molar-refractivity contribution in [2.45, 2.75) is 6.18 Å². The zero-order valence-electron chi connectivity index (χ0n) is 9.39. The molecule has 1 aromatic rings. The fourth-order valence-electron chi connectivity index (χ4n) is 1.37. The van der Waals surface area contributed by atoms with E-state index in [0.717, 1.165) is 10.2 Å². The zero-order valence-corrected chi connectivity index (χ0v) is 11.0. The summed E-state index contributed by atoms with van der Waals surface area (Å²) in [7, 11) is 1.45. The van der Waals surface area contributed by atoms with Gasteiger partial charge in [-0.25, -0.2) is 0 Å². The molecule has 0 unspecified atom stereocenters. The summed E-state index contributed by atoms with van der Waals surface area (Å²) in [6.07, 6.45) is -4.13. The van der Waals surface area contributed by atoms with Crippen molar-refractivity contribution in [1.82, 2.24) is 4.90 Å². The number of anilines is 1. The Labute approximate surface area is 107 Å². The molecule has 0 bridgehead atoms. The minimum atomic E-state index is -4.13. The number of likely N-dealkylation sites (N-methyl/N-ethyl adjacent to an activating group) is 1. The van der Waals surface area contributed by atoms with Crippen LogP contribution >= 0.6 is 15.9 Å². The first-order valence-corrected chi connectivity index (χ1v) is 5.91. The minimum Gasteiger partial charge on any atom is -0.384 e. The monoisotopic (exact) mass is 310 g/mol. The first-order valence-electron chi connectivity index (χ1n) is 5.11. The molecule has 0 spiro atoms. The first kappa shape index (κ1) is 14.3. The highest BCUT2D eigenvalue weighted by Crippen LogP contribution is 2.16. The molecule has 1 aromatic carbocycles. The predicted molar refractivity (Wildman–Crippen MR) is 66.2 cm³/mol. The Kier molecular flexibility index (Phi) is 5.27. The normalized spacial score (nSPS) is 11.9. The van der Waals surface area contributed by atoms with Crippen LogP contribution < -0.4 is 5.32 Å². The summed E-state index contributed by atoms with van der Waals surface area (Å²) in [5.41, 5.74) is 0.889. The molecular weight excluding hydrogens is 297 g/mol. The SMILES string of the molecule is CN(CCNc1cccc(Br)c1)CC(F)(F)F. The lowest BCUT2D eigenvalue weighted by molar-refractivity contribution is -0.142. The number of halogens is 4. The second-order valence-electron chi connectivity index (χ2n) is 3.79. The van der Waals surface area contributed by atoms with Crippen LogP contribution in [0.2, 0.25) is 0 Å². The topological polar surface area (TPSA) is 15.3 Å². The highest BCUT2D eigenvalue weighted by atomic mass is 79.9. The summed E-state index contributed by atoms with van der Waals surface area (Å²) in [4.78, 5) is 1.24. The van der Waals surface area contributed by atoms with Crippen LogP contribution in [0.25, 0.3) is 0 Å². The van der Waals surface area contributed by atoms with E-state index in [1.807, 2.05) is 24.3 Å². The van der Waals surface area contributed by atoms with Crippen LogP contribution in [0.3, 0.4) is 0 Å². The quantitative estimate of drug-likeness (QED) is 0.897. The van der Waals surface area contributed by atoms with Crippen molar-refractivity contribution >= 4 is 21.6 Å². The van der Waals surface area contributed by atoms with E-state index in [-0.39, 0.29) is 0 Å². The summed E-state index contributed by atoms with van der Waals surface area (Å²) in [6.45, 7) is -0.0672. The smallest absolute Gasteiger partial charge is 0.384 e. The van der Waals surface area contributed by atoms with E-state index in [0.29, 0.717) is 13.1 Å². The van der Waals surface area contributed by atoms with E-state index in [4.69, 9.17) is 0 Å². The molecule has 96 valence electrons. The first-order chi connectivity index (χ1) is 7.87. The second-order valence-corrected chi connectivity index (χ2v) is 4.71. The third kappa shape index (κ3) is 6.53. The summed E-state index contributed by atoms with van der Waals surface area (Å²) in [5, 5.41) is 3.06. The van der Waals surface area contributed by atoms with E-state index < -0.39 is 12.7 Å². The van der Waals surface area contributed by atoms with Gasteiger partial charge in [0.1, 0.15) is 0 Å². The largest absolute Gasteiger partial charge is 0.401 e. The fraction of sp³-hybridized carbons (Fsp3) is 0.455. The maximum Gasteiger partial charge on any atom is 0.401 e. The zero-order chi connectivity index (χ0) is 12.9. The van der Waals surface area contributed by atoms with Crippen molar-refractivity contribution in [2.75, 3.05) is 32.0 Å². The number of nitrogens with zero attached hydrogens (tertiary/aromatic N) is 1. The van der Waals surface area contributed by atoms with Crippen molar-refractivity contribution in [3.63, 3.8) is 0 Å². The highest BCUT2D eigenvalue weighted by Gasteiger charge is 2.28. The number of hydrogen-bond acceptors (Lipinski definition) is 2. The van der Waals surface area contributed by atoms with E-state index >= 15 is 0 Å². The molecule has 0 atom stereocenters. The van der Waals surface area contributed by atoms with E-state index in [9.17, 15) is 13.2 Å². The van der Waals surface area contributed by atoms with Gasteiger partial charge in [-0.2, -0.15) is 13.2 Å². The number of benzene rings is 1. The third-order valence-corrected chi connectivity index (χ3v) is 2.59. The van der Waals surface area contributed by atoms with Crippen LogP contribution in [-0.4, -0.2) is 37.8 Å². The average Bonchev–Trinajstić information content (AvgIpc) is 2.14. The molecule has 0 aliphatic rings. The van der Waals surface area contributed by atoms with Crippen molar-refractivity contribution in [1.29, 1.82) is 0 Å². The second kappa shape index (κ2) is 6.26. The van der Waals surface area contributed by atoms with Crippen LogP contribution in [0.1, 0.15) is 0 Å². The number of hydrogen-bond donors (Lipinski definition) is 1. The fourth-order valence-corrected chi connectivity index (χ4v) is 1.77. The van der Waals surface area contributed by atoms with Crippen molar-refractivity contribution in [3.8, 4) is 0 Å². The highest BCUT2D eigenvalue weighted by molar-refractivity contribution is 9.10. The van der Waals surface area contributed by atoms with Gasteiger partial charge in [0.2, 0.25) is 0 Å². The molecular formula is C11H14BrF3N2. The Morgan fingerprint density at radius 2 is 2.06 bits per heavy atom. The van der Waals surface area contributed by atoms with Crippen molar-refractivity contribution in [3.05, 3.63) is 28.7 Å². The van der Waals surface area contributed by atoms with Crippen LogP contribution in [-0.2, 0) is 0 Å². The molecule has 1 rings (SSSR count). The predicted octanol–water partition coefficient (Wildman–Crippen LogP) is 3.36. The van der Waals surface area contributed by atoms with Crippen LogP contribution in [0, 0.1) is 0 Å². The average molecular weight is 311 g/mol. The Morgan fingerprint density at radius 1 is 1.35 bits per heavy atom. The molecule has 0 amide bonds. The molecule has 0 saturated heterocycles. The van der Waals surface area contributed by atoms with Gasteiger partial charge in [-0.3, -0.25) is 4.90 Å². The van der Waals surface area contributed by atoms with Gasteiger partial charge in [0.05, 0.1) is 6.54 Å². The van der Waals surface area contributed by atoms with Crippen LogP contribution in [0.4, 0.5) is 18.9 Å². The molecule has 0 radical (unpaired) electrons. The number of nitrogens with one attached hydrogen (secondary N) is 1. The molecule has 0 fully saturated rings.